The molecule has 1 aliphatic rings. The number of methoxy groups -OCH3 is 1. The van der Waals surface area contributed by atoms with Crippen LogP contribution in [0.2, 0.25) is 0 Å². The molecule has 1 saturated heterocycles. The van der Waals surface area contributed by atoms with E-state index in [4.69, 9.17) is 14.5 Å². The van der Waals surface area contributed by atoms with Gasteiger partial charge in [-0.2, -0.15) is 0 Å². The van der Waals surface area contributed by atoms with E-state index in [1.807, 2.05) is 17.7 Å². The Bertz CT molecular complexity index is 966. The summed E-state index contributed by atoms with van der Waals surface area (Å²) in [5.74, 6) is 0.775. The second-order valence-corrected chi connectivity index (χ2v) is 6.96. The van der Waals surface area contributed by atoms with Gasteiger partial charge in [0, 0.05) is 25.1 Å². The molecule has 1 fully saturated rings. The fraction of sp³-hybridized carbons (Fsp3) is 0.400. The molecule has 4 rings (SSSR count). The number of nitrogens with one attached hydrogen (secondary N) is 1. The van der Waals surface area contributed by atoms with Gasteiger partial charge < -0.3 is 19.4 Å². The number of ether oxygens (including phenoxy) is 2. The highest BCUT2D eigenvalue weighted by molar-refractivity contribution is 5.84. The second kappa shape index (κ2) is 7.15. The first-order chi connectivity index (χ1) is 13.1. The monoisotopic (exact) mass is 370 g/mol. The topological polar surface area (TPSA) is 61.2 Å². The first-order valence-electron chi connectivity index (χ1n) is 9.10. The van der Waals surface area contributed by atoms with Crippen LogP contribution in [0.4, 0.5) is 4.39 Å². The Morgan fingerprint density at radius 3 is 2.93 bits per heavy atom. The molecule has 1 aromatic carbocycles. The molecule has 1 aliphatic heterocycles. The number of fused-ring (bicyclic) bond motifs is 1. The van der Waals surface area contributed by atoms with E-state index in [0.29, 0.717) is 17.5 Å². The highest BCUT2D eigenvalue weighted by Gasteiger charge is 2.25. The van der Waals surface area contributed by atoms with Crippen LogP contribution in [0, 0.1) is 11.7 Å². The molecule has 0 radical (unpaired) electrons. The van der Waals surface area contributed by atoms with Crippen molar-refractivity contribution in [2.45, 2.75) is 19.4 Å². The molecule has 0 aliphatic carbocycles. The molecule has 0 unspecified atom stereocenters. The summed E-state index contributed by atoms with van der Waals surface area (Å²) in [5.41, 5.74) is 3.07. The van der Waals surface area contributed by atoms with Crippen molar-refractivity contribution in [2.75, 3.05) is 20.2 Å². The third-order valence-corrected chi connectivity index (χ3v) is 5.17. The molecule has 3 aromatic rings. The van der Waals surface area contributed by atoms with Crippen molar-refractivity contribution in [2.24, 2.45) is 13.0 Å². The fourth-order valence-corrected chi connectivity index (χ4v) is 3.54. The quantitative estimate of drug-likeness (QED) is 0.748. The van der Waals surface area contributed by atoms with E-state index in [9.17, 15) is 4.39 Å². The molecule has 0 spiro atoms. The Kier molecular flexibility index (Phi) is 4.70. The van der Waals surface area contributed by atoms with E-state index in [1.165, 1.54) is 13.2 Å². The van der Waals surface area contributed by atoms with Gasteiger partial charge >= 0.3 is 0 Å². The van der Waals surface area contributed by atoms with E-state index in [0.717, 1.165) is 36.1 Å². The Morgan fingerprint density at radius 2 is 2.19 bits per heavy atom. The number of nitrogens with zero attached hydrogens (tertiary/aromatic N) is 3. The van der Waals surface area contributed by atoms with Gasteiger partial charge in [0.05, 0.1) is 24.6 Å². The van der Waals surface area contributed by atoms with Crippen LogP contribution in [0.5, 0.6) is 11.6 Å². The van der Waals surface area contributed by atoms with Crippen molar-refractivity contribution in [3.8, 4) is 22.9 Å². The molecule has 3 heterocycles. The van der Waals surface area contributed by atoms with Crippen molar-refractivity contribution in [3.05, 3.63) is 36.4 Å². The number of pyridine rings is 1. The summed E-state index contributed by atoms with van der Waals surface area (Å²) in [6, 6.07) is 6.59. The zero-order valence-corrected chi connectivity index (χ0v) is 15.7. The predicted octanol–water partition coefficient (Wildman–Crippen LogP) is 3.16. The van der Waals surface area contributed by atoms with Gasteiger partial charge in [0.15, 0.2) is 11.6 Å². The average molecular weight is 370 g/mol. The lowest BCUT2D eigenvalue weighted by Gasteiger charge is -2.20. The normalized spacial score (nSPS) is 18.0. The molecule has 0 amide bonds. The number of imidazole rings is 1. The summed E-state index contributed by atoms with van der Waals surface area (Å²) in [6.45, 7) is 4.04. The van der Waals surface area contributed by atoms with Crippen LogP contribution < -0.4 is 14.8 Å². The molecule has 2 atom stereocenters. The maximum Gasteiger partial charge on any atom is 0.241 e. The van der Waals surface area contributed by atoms with Gasteiger partial charge in [-0.3, -0.25) is 0 Å². The lowest BCUT2D eigenvalue weighted by atomic mass is 10.0. The molecule has 6 nitrogen and oxygen atoms in total. The van der Waals surface area contributed by atoms with Gasteiger partial charge in [0.25, 0.3) is 0 Å². The molecule has 27 heavy (non-hydrogen) atoms. The minimum atomic E-state index is -0.404. The molecule has 0 bridgehead atoms. The van der Waals surface area contributed by atoms with E-state index >= 15 is 0 Å². The number of halogens is 1. The molecular formula is C20H23FN4O2. The first-order valence-corrected chi connectivity index (χ1v) is 9.10. The fourth-order valence-electron chi connectivity index (χ4n) is 3.54. The third kappa shape index (κ3) is 3.35. The Morgan fingerprint density at radius 1 is 1.33 bits per heavy atom. The predicted molar refractivity (Wildman–Crippen MR) is 102 cm³/mol. The molecule has 0 saturated carbocycles. The van der Waals surface area contributed by atoms with Gasteiger partial charge in [-0.1, -0.05) is 0 Å². The van der Waals surface area contributed by atoms with Crippen LogP contribution in [0.25, 0.3) is 22.3 Å². The lowest BCUT2D eigenvalue weighted by molar-refractivity contribution is 0.156. The molecule has 142 valence electrons. The summed E-state index contributed by atoms with van der Waals surface area (Å²) in [6.07, 6.45) is 2.87. The summed E-state index contributed by atoms with van der Waals surface area (Å²) in [5, 5.41) is 3.37. The Balaban J connectivity index is 1.76. The molecule has 1 N–H and O–H groups in total. The maximum absolute atomic E-state index is 13.8. The van der Waals surface area contributed by atoms with Gasteiger partial charge in [-0.05, 0) is 44.2 Å². The van der Waals surface area contributed by atoms with E-state index in [2.05, 4.69) is 17.2 Å². The van der Waals surface area contributed by atoms with Crippen LogP contribution in [-0.4, -0.2) is 40.8 Å². The van der Waals surface area contributed by atoms with Crippen LogP contribution in [0.3, 0.4) is 0 Å². The van der Waals surface area contributed by atoms with Crippen LogP contribution in [0.15, 0.2) is 30.6 Å². The highest BCUT2D eigenvalue weighted by Crippen LogP contribution is 2.32. The Labute approximate surface area is 157 Å². The zero-order chi connectivity index (χ0) is 19.0. The van der Waals surface area contributed by atoms with Crippen LogP contribution in [0.1, 0.15) is 13.3 Å². The van der Waals surface area contributed by atoms with Crippen molar-refractivity contribution in [1.29, 1.82) is 0 Å². The largest absolute Gasteiger partial charge is 0.494 e. The number of benzene rings is 1. The molecule has 2 aromatic heterocycles. The highest BCUT2D eigenvalue weighted by atomic mass is 19.1. The number of rotatable bonds is 5. The van der Waals surface area contributed by atoms with Gasteiger partial charge in [0.1, 0.15) is 11.6 Å². The van der Waals surface area contributed by atoms with E-state index in [1.54, 1.807) is 18.5 Å². The zero-order valence-electron chi connectivity index (χ0n) is 15.7. The lowest BCUT2D eigenvalue weighted by Crippen LogP contribution is -2.26. The number of hydrogen-bond acceptors (Lipinski definition) is 5. The summed E-state index contributed by atoms with van der Waals surface area (Å²) < 4.78 is 27.1. The molecular weight excluding hydrogens is 347 g/mol. The first kappa shape index (κ1) is 17.7. The second-order valence-electron chi connectivity index (χ2n) is 6.96. The van der Waals surface area contributed by atoms with Gasteiger partial charge in [-0.25, -0.2) is 14.4 Å². The number of aryl methyl sites for hydroxylation is 1. The van der Waals surface area contributed by atoms with Crippen LogP contribution >= 0.6 is 0 Å². The minimum Gasteiger partial charge on any atom is -0.494 e. The average Bonchev–Trinajstić information content (AvgIpc) is 3.32. The third-order valence-electron chi connectivity index (χ3n) is 5.17. The SMILES string of the molecule is COc1cc(-c2cc3ncn(C)c3c(O[C@H](C)[C@@H]3CCNC3)n2)ccc1F. The van der Waals surface area contributed by atoms with Gasteiger partial charge in [-0.15, -0.1) is 0 Å². The standard InChI is InChI=1S/C20H23FN4O2/c1-12(14-6-7-22-10-14)27-20-19-17(23-11-25(19)2)9-16(24-20)13-4-5-15(21)18(8-13)26-3/h4-5,8-9,11-12,14,22H,6-7,10H2,1-3H3/t12-,14-/m1/s1. The molecule has 7 heteroatoms. The van der Waals surface area contributed by atoms with Crippen molar-refractivity contribution in [1.82, 2.24) is 19.9 Å². The van der Waals surface area contributed by atoms with Crippen molar-refractivity contribution >= 4 is 11.0 Å². The Hall–Kier alpha value is -2.67. The van der Waals surface area contributed by atoms with E-state index in [-0.39, 0.29) is 11.9 Å². The van der Waals surface area contributed by atoms with Crippen molar-refractivity contribution < 1.29 is 13.9 Å². The van der Waals surface area contributed by atoms with Crippen molar-refractivity contribution in [3.63, 3.8) is 0 Å². The summed E-state index contributed by atoms with van der Waals surface area (Å²) in [4.78, 5) is 9.19. The van der Waals surface area contributed by atoms with Gasteiger partial charge in [0.2, 0.25) is 5.88 Å². The van der Waals surface area contributed by atoms with E-state index < -0.39 is 5.82 Å². The maximum atomic E-state index is 13.8. The number of hydrogen-bond donors (Lipinski definition) is 1. The minimum absolute atomic E-state index is 0.0311. The van der Waals surface area contributed by atoms with Crippen LogP contribution in [-0.2, 0) is 7.05 Å². The smallest absolute Gasteiger partial charge is 0.241 e. The summed E-state index contributed by atoms with van der Waals surface area (Å²) in [7, 11) is 3.37. The summed E-state index contributed by atoms with van der Waals surface area (Å²) >= 11 is 0. The number of aromatic nitrogens is 3.